The van der Waals surface area contributed by atoms with Gasteiger partial charge >= 0.3 is 0 Å². The molecule has 0 saturated heterocycles. The number of benzene rings is 2. The van der Waals surface area contributed by atoms with Gasteiger partial charge in [0.25, 0.3) is 0 Å². The van der Waals surface area contributed by atoms with Crippen molar-refractivity contribution in [2.24, 2.45) is 0 Å². The number of anilines is 2. The summed E-state index contributed by atoms with van der Waals surface area (Å²) in [4.78, 5) is 2.29. The predicted molar refractivity (Wildman–Crippen MR) is 109 cm³/mol. The number of unbranched alkanes of at least 4 members (excludes halogenated alkanes) is 1. The van der Waals surface area contributed by atoms with Crippen LogP contribution in [-0.2, 0) is 0 Å². The zero-order valence-corrected chi connectivity index (χ0v) is 16.3. The fourth-order valence-electron chi connectivity index (χ4n) is 1.73. The summed E-state index contributed by atoms with van der Waals surface area (Å²) >= 11 is 0. The van der Waals surface area contributed by atoms with Crippen LogP contribution in [0.1, 0.15) is 61.3 Å². The number of hydrogen-bond donors (Lipinski definition) is 0. The standard InChI is InChI=1S/C14H15N.C4H10.2C2H6/c1-2-15(13-9-5-3-6-10-13)14-11-7-4-8-12-14;1-3-4-2;2*1-2/h3-12H,2H2,1H3;3-4H2,1-2H3;2*1-2H3. The second-order valence-electron chi connectivity index (χ2n) is 4.42. The Bertz CT molecular complexity index is 381. The lowest BCUT2D eigenvalue weighted by Gasteiger charge is -2.23. The molecule has 0 aromatic heterocycles. The Balaban J connectivity index is 0. The molecule has 0 spiro atoms. The molecule has 0 aliphatic rings. The molecular weight excluding hydrogens is 278 g/mol. The molecule has 2 rings (SSSR count). The highest BCUT2D eigenvalue weighted by molar-refractivity contribution is 5.62. The molecule has 2 aromatic rings. The molecule has 1 heteroatoms. The largest absolute Gasteiger partial charge is 0.342 e. The van der Waals surface area contributed by atoms with E-state index in [0.717, 1.165) is 6.54 Å². The fraction of sp³-hybridized carbons (Fsp3) is 0.455. The van der Waals surface area contributed by atoms with E-state index < -0.39 is 0 Å². The number of rotatable bonds is 4. The van der Waals surface area contributed by atoms with Gasteiger partial charge in [-0.3, -0.25) is 0 Å². The molecule has 0 radical (unpaired) electrons. The molecule has 2 aromatic carbocycles. The second kappa shape index (κ2) is 18.3. The van der Waals surface area contributed by atoms with Crippen molar-refractivity contribution in [1.82, 2.24) is 0 Å². The zero-order chi connectivity index (χ0) is 17.9. The Labute approximate surface area is 145 Å². The fourth-order valence-corrected chi connectivity index (χ4v) is 1.73. The Kier molecular flexibility index (Phi) is 18.7. The molecule has 0 N–H and O–H groups in total. The summed E-state index contributed by atoms with van der Waals surface area (Å²) in [6, 6.07) is 20.9. The van der Waals surface area contributed by atoms with Crippen molar-refractivity contribution in [3.8, 4) is 0 Å². The normalized spacial score (nSPS) is 8.30. The molecule has 1 nitrogen and oxygen atoms in total. The van der Waals surface area contributed by atoms with Crippen LogP contribution >= 0.6 is 0 Å². The summed E-state index contributed by atoms with van der Waals surface area (Å²) in [6.45, 7) is 15.5. The highest BCUT2D eigenvalue weighted by Crippen LogP contribution is 2.23. The van der Waals surface area contributed by atoms with Gasteiger partial charge in [0.1, 0.15) is 0 Å². The van der Waals surface area contributed by atoms with E-state index in [9.17, 15) is 0 Å². The van der Waals surface area contributed by atoms with Gasteiger partial charge in [-0.2, -0.15) is 0 Å². The van der Waals surface area contributed by atoms with E-state index >= 15 is 0 Å². The molecule has 0 heterocycles. The van der Waals surface area contributed by atoms with E-state index in [1.165, 1.54) is 24.2 Å². The van der Waals surface area contributed by atoms with Gasteiger partial charge in [0, 0.05) is 17.9 Å². The van der Waals surface area contributed by atoms with Gasteiger partial charge < -0.3 is 4.90 Å². The first kappa shape index (κ1) is 23.5. The number of para-hydroxylation sites is 2. The van der Waals surface area contributed by atoms with E-state index in [1.807, 2.05) is 39.8 Å². The molecule has 0 aliphatic carbocycles. The SMILES string of the molecule is CC.CC.CCCC.CCN(c1ccccc1)c1ccccc1. The maximum atomic E-state index is 2.29. The first-order valence-electron chi connectivity index (χ1n) is 9.21. The summed E-state index contributed by atoms with van der Waals surface area (Å²) in [5.74, 6) is 0. The predicted octanol–water partition coefficient (Wildman–Crippen LogP) is 7.70. The van der Waals surface area contributed by atoms with Gasteiger partial charge in [0.05, 0.1) is 0 Å². The number of nitrogens with zero attached hydrogens (tertiary/aromatic N) is 1. The molecule has 130 valence electrons. The smallest absolute Gasteiger partial charge is 0.0410 e. The zero-order valence-electron chi connectivity index (χ0n) is 16.3. The highest BCUT2D eigenvalue weighted by Gasteiger charge is 2.04. The van der Waals surface area contributed by atoms with Crippen LogP contribution in [0.3, 0.4) is 0 Å². The van der Waals surface area contributed by atoms with Gasteiger partial charge in [-0.15, -0.1) is 0 Å². The van der Waals surface area contributed by atoms with Crippen LogP contribution in [0.25, 0.3) is 0 Å². The molecule has 0 atom stereocenters. The van der Waals surface area contributed by atoms with Gasteiger partial charge in [0.2, 0.25) is 0 Å². The first-order valence-corrected chi connectivity index (χ1v) is 9.21. The van der Waals surface area contributed by atoms with Gasteiger partial charge in [-0.05, 0) is 31.2 Å². The van der Waals surface area contributed by atoms with Gasteiger partial charge in [-0.25, -0.2) is 0 Å². The maximum Gasteiger partial charge on any atom is 0.0410 e. The van der Waals surface area contributed by atoms with Crippen LogP contribution in [0.2, 0.25) is 0 Å². The van der Waals surface area contributed by atoms with Crippen LogP contribution in [0.5, 0.6) is 0 Å². The summed E-state index contributed by atoms with van der Waals surface area (Å²) < 4.78 is 0. The van der Waals surface area contributed by atoms with Gasteiger partial charge in [0.15, 0.2) is 0 Å². The van der Waals surface area contributed by atoms with Crippen LogP contribution in [0.4, 0.5) is 11.4 Å². The van der Waals surface area contributed by atoms with Crippen LogP contribution < -0.4 is 4.90 Å². The minimum atomic E-state index is 0.980. The molecule has 0 fully saturated rings. The van der Waals surface area contributed by atoms with Gasteiger partial charge in [-0.1, -0.05) is 90.8 Å². The van der Waals surface area contributed by atoms with Crippen LogP contribution in [0, 0.1) is 0 Å². The van der Waals surface area contributed by atoms with E-state index in [0.29, 0.717) is 0 Å². The van der Waals surface area contributed by atoms with E-state index in [4.69, 9.17) is 0 Å². The highest BCUT2D eigenvalue weighted by atomic mass is 15.1. The molecule has 23 heavy (non-hydrogen) atoms. The minimum Gasteiger partial charge on any atom is -0.342 e. The van der Waals surface area contributed by atoms with Crippen LogP contribution in [-0.4, -0.2) is 6.54 Å². The third-order valence-electron chi connectivity index (χ3n) is 2.95. The minimum absolute atomic E-state index is 0.980. The monoisotopic (exact) mass is 315 g/mol. The van der Waals surface area contributed by atoms with Crippen molar-refractivity contribution < 1.29 is 0 Å². The molecule has 0 amide bonds. The average molecular weight is 316 g/mol. The Hall–Kier alpha value is -1.76. The lowest BCUT2D eigenvalue weighted by molar-refractivity contribution is 0.886. The second-order valence-corrected chi connectivity index (χ2v) is 4.42. The van der Waals surface area contributed by atoms with Crippen molar-refractivity contribution in [2.45, 2.75) is 61.3 Å². The topological polar surface area (TPSA) is 3.24 Å². The Morgan fingerprint density at radius 1 is 0.565 bits per heavy atom. The molecule has 0 unspecified atom stereocenters. The lowest BCUT2D eigenvalue weighted by atomic mass is 10.2. The number of hydrogen-bond acceptors (Lipinski definition) is 1. The average Bonchev–Trinajstić information content (AvgIpc) is 2.67. The van der Waals surface area contributed by atoms with Crippen molar-refractivity contribution >= 4 is 11.4 Å². The molecule has 0 aliphatic heterocycles. The van der Waals surface area contributed by atoms with Crippen molar-refractivity contribution in [3.63, 3.8) is 0 Å². The Morgan fingerprint density at radius 2 is 0.870 bits per heavy atom. The van der Waals surface area contributed by atoms with E-state index in [-0.39, 0.29) is 0 Å². The van der Waals surface area contributed by atoms with E-state index in [2.05, 4.69) is 74.2 Å². The quantitative estimate of drug-likeness (QED) is 0.558. The maximum absolute atomic E-state index is 2.29. The van der Waals surface area contributed by atoms with Crippen LogP contribution in [0.15, 0.2) is 60.7 Å². The Morgan fingerprint density at radius 3 is 1.09 bits per heavy atom. The first-order chi connectivity index (χ1) is 11.3. The van der Waals surface area contributed by atoms with Crippen molar-refractivity contribution in [3.05, 3.63) is 60.7 Å². The third kappa shape index (κ3) is 10.6. The lowest BCUT2D eigenvalue weighted by Crippen LogP contribution is -2.15. The molecule has 0 bridgehead atoms. The summed E-state index contributed by atoms with van der Waals surface area (Å²) in [5, 5.41) is 0. The van der Waals surface area contributed by atoms with E-state index in [1.54, 1.807) is 0 Å². The summed E-state index contributed by atoms with van der Waals surface area (Å²) in [5.41, 5.74) is 2.48. The third-order valence-corrected chi connectivity index (χ3v) is 2.95. The molecular formula is C22H37N. The summed E-state index contributed by atoms with van der Waals surface area (Å²) in [7, 11) is 0. The molecule has 0 saturated carbocycles. The van der Waals surface area contributed by atoms with Crippen molar-refractivity contribution in [2.75, 3.05) is 11.4 Å². The summed E-state index contributed by atoms with van der Waals surface area (Å²) in [6.07, 6.45) is 2.64. The van der Waals surface area contributed by atoms with Crippen molar-refractivity contribution in [1.29, 1.82) is 0 Å².